The molecule has 0 spiro atoms. The number of unbranched alkanes of at least 4 members (excludes halogenated alkanes) is 2. The fourth-order valence-corrected chi connectivity index (χ4v) is 1.79. The lowest BCUT2D eigenvalue weighted by Gasteiger charge is -2.14. The van der Waals surface area contributed by atoms with Gasteiger partial charge in [-0.25, -0.2) is 0 Å². The third-order valence-corrected chi connectivity index (χ3v) is 2.65. The van der Waals surface area contributed by atoms with Crippen molar-refractivity contribution in [2.75, 3.05) is 19.8 Å². The molecule has 0 aliphatic rings. The standard InChI is InChI=1S/C11H21O3P/c1-4-7-8-11-14-15(12-9-5-2)13-10-6-3/h5-6H,2-4,7-11H2,1H3. The van der Waals surface area contributed by atoms with Crippen LogP contribution in [0.1, 0.15) is 26.2 Å². The van der Waals surface area contributed by atoms with E-state index in [4.69, 9.17) is 13.6 Å². The average Bonchev–Trinajstić information content (AvgIpc) is 2.27. The zero-order chi connectivity index (χ0) is 11.4. The monoisotopic (exact) mass is 232 g/mol. The summed E-state index contributed by atoms with van der Waals surface area (Å²) in [4.78, 5) is 0. The topological polar surface area (TPSA) is 27.7 Å². The van der Waals surface area contributed by atoms with Gasteiger partial charge in [-0.05, 0) is 6.42 Å². The van der Waals surface area contributed by atoms with E-state index in [0.29, 0.717) is 19.8 Å². The lowest BCUT2D eigenvalue weighted by atomic mass is 10.3. The summed E-state index contributed by atoms with van der Waals surface area (Å²) >= 11 is 0. The summed E-state index contributed by atoms with van der Waals surface area (Å²) in [6.45, 7) is 10.9. The number of hydrogen-bond acceptors (Lipinski definition) is 3. The predicted molar refractivity (Wildman–Crippen MR) is 64.7 cm³/mol. The third-order valence-electron chi connectivity index (χ3n) is 1.54. The average molecular weight is 232 g/mol. The van der Waals surface area contributed by atoms with E-state index in [1.807, 2.05) is 0 Å². The van der Waals surface area contributed by atoms with Gasteiger partial charge >= 0.3 is 8.60 Å². The van der Waals surface area contributed by atoms with Gasteiger partial charge in [-0.1, -0.05) is 31.9 Å². The predicted octanol–water partition coefficient (Wildman–Crippen LogP) is 3.83. The minimum atomic E-state index is -1.23. The van der Waals surface area contributed by atoms with Gasteiger partial charge in [0.05, 0.1) is 19.8 Å². The molecule has 0 aromatic rings. The molecule has 0 saturated carbocycles. The van der Waals surface area contributed by atoms with E-state index in [9.17, 15) is 0 Å². The fraction of sp³-hybridized carbons (Fsp3) is 0.636. The molecule has 0 aliphatic heterocycles. The van der Waals surface area contributed by atoms with Crippen LogP contribution in [0.15, 0.2) is 25.3 Å². The molecule has 0 bridgehead atoms. The molecule has 0 unspecified atom stereocenters. The zero-order valence-electron chi connectivity index (χ0n) is 9.48. The summed E-state index contributed by atoms with van der Waals surface area (Å²) in [7, 11) is -1.23. The van der Waals surface area contributed by atoms with Crippen LogP contribution in [0.3, 0.4) is 0 Å². The quantitative estimate of drug-likeness (QED) is 0.308. The maximum Gasteiger partial charge on any atom is 0.333 e. The smallest absolute Gasteiger partial charge is 0.312 e. The molecule has 0 N–H and O–H groups in total. The molecule has 0 atom stereocenters. The van der Waals surface area contributed by atoms with Gasteiger partial charge in [-0.3, -0.25) is 0 Å². The molecule has 3 nitrogen and oxygen atoms in total. The van der Waals surface area contributed by atoms with Crippen LogP contribution in [0.5, 0.6) is 0 Å². The molecule has 0 radical (unpaired) electrons. The highest BCUT2D eigenvalue weighted by atomic mass is 31.2. The van der Waals surface area contributed by atoms with E-state index in [-0.39, 0.29) is 0 Å². The van der Waals surface area contributed by atoms with Gasteiger partial charge < -0.3 is 13.6 Å². The van der Waals surface area contributed by atoms with Crippen LogP contribution < -0.4 is 0 Å². The molecule has 0 aromatic heterocycles. The summed E-state index contributed by atoms with van der Waals surface area (Å²) in [6, 6.07) is 0. The first-order valence-corrected chi connectivity index (χ1v) is 6.35. The highest BCUT2D eigenvalue weighted by Gasteiger charge is 2.10. The van der Waals surface area contributed by atoms with E-state index in [1.54, 1.807) is 12.2 Å². The first-order chi connectivity index (χ1) is 7.35. The van der Waals surface area contributed by atoms with Crippen LogP contribution in [-0.2, 0) is 13.6 Å². The van der Waals surface area contributed by atoms with Gasteiger partial charge in [-0.15, -0.1) is 13.2 Å². The molecule has 0 fully saturated rings. The maximum atomic E-state index is 5.47. The Morgan fingerprint density at radius 1 is 1.00 bits per heavy atom. The van der Waals surface area contributed by atoms with Crippen molar-refractivity contribution in [3.63, 3.8) is 0 Å². The third kappa shape index (κ3) is 10.1. The van der Waals surface area contributed by atoms with Crippen molar-refractivity contribution in [1.82, 2.24) is 0 Å². The largest absolute Gasteiger partial charge is 0.333 e. The van der Waals surface area contributed by atoms with Crippen molar-refractivity contribution in [3.8, 4) is 0 Å². The van der Waals surface area contributed by atoms with Crippen molar-refractivity contribution < 1.29 is 13.6 Å². The molecule has 88 valence electrons. The van der Waals surface area contributed by atoms with Gasteiger partial charge in [-0.2, -0.15) is 0 Å². The second kappa shape index (κ2) is 11.9. The maximum absolute atomic E-state index is 5.47. The van der Waals surface area contributed by atoms with Gasteiger partial charge in [0.1, 0.15) is 0 Å². The Labute approximate surface area is 94.1 Å². The lowest BCUT2D eigenvalue weighted by molar-refractivity contribution is 0.179. The molecule has 0 rings (SSSR count). The number of hydrogen-bond donors (Lipinski definition) is 0. The minimum absolute atomic E-state index is 0.455. The fourth-order valence-electron chi connectivity index (χ4n) is 0.830. The lowest BCUT2D eigenvalue weighted by Crippen LogP contribution is -1.97. The van der Waals surface area contributed by atoms with E-state index in [1.165, 1.54) is 12.8 Å². The van der Waals surface area contributed by atoms with Crippen LogP contribution in [0.2, 0.25) is 0 Å². The SMILES string of the molecule is C=CCOP(OCC=C)OCCCCC. The second-order valence-electron chi connectivity index (χ2n) is 2.93. The normalized spacial score (nSPS) is 10.5. The van der Waals surface area contributed by atoms with E-state index in [2.05, 4.69) is 20.1 Å². The van der Waals surface area contributed by atoms with Crippen LogP contribution in [-0.4, -0.2) is 19.8 Å². The van der Waals surface area contributed by atoms with Crippen LogP contribution in [0.25, 0.3) is 0 Å². The zero-order valence-corrected chi connectivity index (χ0v) is 10.4. The van der Waals surface area contributed by atoms with Crippen molar-refractivity contribution in [2.45, 2.75) is 26.2 Å². The molecular formula is C11H21O3P. The van der Waals surface area contributed by atoms with Crippen molar-refractivity contribution in [1.29, 1.82) is 0 Å². The van der Waals surface area contributed by atoms with Crippen molar-refractivity contribution >= 4 is 8.60 Å². The highest BCUT2D eigenvalue weighted by Crippen LogP contribution is 2.39. The molecule has 0 saturated heterocycles. The van der Waals surface area contributed by atoms with Crippen molar-refractivity contribution in [3.05, 3.63) is 25.3 Å². The van der Waals surface area contributed by atoms with Crippen LogP contribution >= 0.6 is 8.60 Å². The summed E-state index contributed by atoms with van der Waals surface area (Å²) in [5, 5.41) is 0. The van der Waals surface area contributed by atoms with Gasteiger partial charge in [0.2, 0.25) is 0 Å². The summed E-state index contributed by atoms with van der Waals surface area (Å²) in [6.07, 6.45) is 6.77. The Bertz CT molecular complexity index is 150. The molecule has 4 heteroatoms. The van der Waals surface area contributed by atoms with E-state index >= 15 is 0 Å². The molecule has 15 heavy (non-hydrogen) atoms. The summed E-state index contributed by atoms with van der Waals surface area (Å²) in [5.41, 5.74) is 0. The molecule has 0 aromatic carbocycles. The van der Waals surface area contributed by atoms with E-state index < -0.39 is 8.60 Å². The number of rotatable bonds is 11. The van der Waals surface area contributed by atoms with Gasteiger partial charge in [0.25, 0.3) is 0 Å². The minimum Gasteiger partial charge on any atom is -0.312 e. The molecule has 0 amide bonds. The Morgan fingerprint density at radius 2 is 1.60 bits per heavy atom. The second-order valence-corrected chi connectivity index (χ2v) is 4.15. The molecule has 0 aliphatic carbocycles. The van der Waals surface area contributed by atoms with Gasteiger partial charge in [0, 0.05) is 0 Å². The first kappa shape index (κ1) is 14.8. The Balaban J connectivity index is 3.58. The van der Waals surface area contributed by atoms with Crippen LogP contribution in [0.4, 0.5) is 0 Å². The Hall–Kier alpha value is -0.210. The first-order valence-electron chi connectivity index (χ1n) is 5.25. The van der Waals surface area contributed by atoms with E-state index in [0.717, 1.165) is 6.42 Å². The Kier molecular flexibility index (Phi) is 11.7. The van der Waals surface area contributed by atoms with Crippen molar-refractivity contribution in [2.24, 2.45) is 0 Å². The summed E-state index contributed by atoms with van der Waals surface area (Å²) in [5.74, 6) is 0. The highest BCUT2D eigenvalue weighted by molar-refractivity contribution is 7.41. The summed E-state index contributed by atoms with van der Waals surface area (Å²) < 4.78 is 16.1. The molecule has 0 heterocycles. The van der Waals surface area contributed by atoms with Gasteiger partial charge in [0.15, 0.2) is 0 Å². The Morgan fingerprint density at radius 3 is 2.07 bits per heavy atom. The van der Waals surface area contributed by atoms with Crippen LogP contribution in [0, 0.1) is 0 Å². The molecular weight excluding hydrogens is 211 g/mol.